The van der Waals surface area contributed by atoms with Crippen LogP contribution in [-0.2, 0) is 0 Å². The van der Waals surface area contributed by atoms with Crippen molar-refractivity contribution in [2.24, 2.45) is 0 Å². The first-order chi connectivity index (χ1) is 10.7. The van der Waals surface area contributed by atoms with Crippen LogP contribution in [0.4, 0.5) is 0 Å². The van der Waals surface area contributed by atoms with Crippen LogP contribution in [0.5, 0.6) is 17.2 Å². The monoisotopic (exact) mass is 298 g/mol. The number of hydrogen-bond donors (Lipinski definition) is 1. The normalized spacial score (nSPS) is 10.6. The highest BCUT2D eigenvalue weighted by Crippen LogP contribution is 2.40. The Labute approximate surface area is 126 Å². The van der Waals surface area contributed by atoms with Crippen molar-refractivity contribution in [3.8, 4) is 28.6 Å². The fourth-order valence-corrected chi connectivity index (χ4v) is 2.37. The number of aromatic hydroxyl groups is 1. The Balaban J connectivity index is 2.40. The fourth-order valence-electron chi connectivity index (χ4n) is 2.37. The molecule has 3 rings (SSSR count). The molecule has 0 aliphatic rings. The maximum Gasteiger partial charge on any atom is 0.204 e. The van der Waals surface area contributed by atoms with E-state index in [2.05, 4.69) is 0 Å². The molecule has 0 bridgehead atoms. The lowest BCUT2D eigenvalue weighted by Gasteiger charge is -2.11. The summed E-state index contributed by atoms with van der Waals surface area (Å²) in [5.74, 6) is 0.580. The molecule has 0 atom stereocenters. The van der Waals surface area contributed by atoms with Crippen LogP contribution in [0, 0.1) is 0 Å². The number of methoxy groups -OCH3 is 2. The molecule has 0 saturated heterocycles. The first-order valence-corrected chi connectivity index (χ1v) is 6.63. The molecule has 1 heterocycles. The molecule has 1 N–H and O–H groups in total. The van der Waals surface area contributed by atoms with Crippen LogP contribution >= 0.6 is 0 Å². The largest absolute Gasteiger partial charge is 0.504 e. The molecular formula is C17H14O5. The van der Waals surface area contributed by atoms with Gasteiger partial charge in [-0.25, -0.2) is 0 Å². The minimum Gasteiger partial charge on any atom is -0.504 e. The molecule has 5 heteroatoms. The Morgan fingerprint density at radius 1 is 1.05 bits per heavy atom. The van der Waals surface area contributed by atoms with Gasteiger partial charge in [0.1, 0.15) is 16.9 Å². The first-order valence-electron chi connectivity index (χ1n) is 6.63. The molecule has 2 aromatic carbocycles. The Hall–Kier alpha value is -2.95. The van der Waals surface area contributed by atoms with Gasteiger partial charge >= 0.3 is 0 Å². The van der Waals surface area contributed by atoms with E-state index in [1.807, 2.05) is 30.3 Å². The molecule has 1 aromatic heterocycles. The van der Waals surface area contributed by atoms with E-state index in [1.54, 1.807) is 0 Å². The third-order valence-electron chi connectivity index (χ3n) is 3.38. The van der Waals surface area contributed by atoms with Gasteiger partial charge in [-0.15, -0.1) is 0 Å². The number of phenols is 1. The summed E-state index contributed by atoms with van der Waals surface area (Å²) in [5, 5.41) is 10.2. The van der Waals surface area contributed by atoms with E-state index in [0.717, 1.165) is 5.56 Å². The molecule has 0 amide bonds. The predicted octanol–water partition coefficient (Wildman–Crippen LogP) is 3.18. The van der Waals surface area contributed by atoms with E-state index >= 15 is 0 Å². The summed E-state index contributed by atoms with van der Waals surface area (Å²) < 4.78 is 16.1. The highest BCUT2D eigenvalue weighted by atomic mass is 16.5. The highest BCUT2D eigenvalue weighted by Gasteiger charge is 2.19. The molecular weight excluding hydrogens is 284 g/mol. The molecule has 0 unspecified atom stereocenters. The van der Waals surface area contributed by atoms with Gasteiger partial charge in [-0.3, -0.25) is 4.79 Å². The summed E-state index contributed by atoms with van der Waals surface area (Å²) in [5.41, 5.74) is 0.645. The highest BCUT2D eigenvalue weighted by molar-refractivity contribution is 5.91. The summed E-state index contributed by atoms with van der Waals surface area (Å²) in [6.07, 6.45) is 0. The van der Waals surface area contributed by atoms with Gasteiger partial charge in [0.25, 0.3) is 0 Å². The van der Waals surface area contributed by atoms with Crippen molar-refractivity contribution in [1.29, 1.82) is 0 Å². The van der Waals surface area contributed by atoms with Crippen molar-refractivity contribution < 1.29 is 19.0 Å². The maximum atomic E-state index is 12.5. The van der Waals surface area contributed by atoms with Crippen molar-refractivity contribution in [3.05, 3.63) is 52.7 Å². The summed E-state index contributed by atoms with van der Waals surface area (Å²) in [7, 11) is 2.82. The van der Waals surface area contributed by atoms with Crippen LogP contribution in [0.2, 0.25) is 0 Å². The molecule has 22 heavy (non-hydrogen) atoms. The van der Waals surface area contributed by atoms with Gasteiger partial charge in [-0.1, -0.05) is 30.3 Å². The number of benzene rings is 2. The predicted molar refractivity (Wildman–Crippen MR) is 82.7 cm³/mol. The van der Waals surface area contributed by atoms with Gasteiger partial charge in [0.05, 0.1) is 14.2 Å². The minimum atomic E-state index is -0.268. The maximum absolute atomic E-state index is 12.5. The first kappa shape index (κ1) is 14.0. The summed E-state index contributed by atoms with van der Waals surface area (Å²) in [6, 6.07) is 12.0. The van der Waals surface area contributed by atoms with Crippen molar-refractivity contribution >= 4 is 11.0 Å². The molecule has 0 radical (unpaired) electrons. The Morgan fingerprint density at radius 2 is 1.77 bits per heavy atom. The average molecular weight is 298 g/mol. The number of ether oxygens (including phenoxy) is 2. The standard InChI is InChI=1S/C17H14O5/c1-20-14-9-12(19)16(21-2)17-15(14)11(18)8-13(22-17)10-6-4-3-5-7-10/h3-9,19H,1-2H3. The van der Waals surface area contributed by atoms with Crippen molar-refractivity contribution in [2.45, 2.75) is 0 Å². The third-order valence-corrected chi connectivity index (χ3v) is 3.38. The molecule has 112 valence electrons. The van der Waals surface area contributed by atoms with Gasteiger partial charge < -0.3 is 19.0 Å². The lowest BCUT2D eigenvalue weighted by Crippen LogP contribution is -2.04. The number of rotatable bonds is 3. The zero-order chi connectivity index (χ0) is 15.7. The molecule has 3 aromatic rings. The van der Waals surface area contributed by atoms with E-state index in [-0.39, 0.29) is 33.6 Å². The molecule has 0 spiro atoms. The second-order valence-electron chi connectivity index (χ2n) is 4.68. The summed E-state index contributed by atoms with van der Waals surface area (Å²) >= 11 is 0. The Kier molecular flexibility index (Phi) is 3.47. The molecule has 0 aliphatic heterocycles. The third kappa shape index (κ3) is 2.16. The zero-order valence-corrected chi connectivity index (χ0v) is 12.1. The molecule has 0 fully saturated rings. The van der Waals surface area contributed by atoms with Crippen LogP contribution in [-0.4, -0.2) is 19.3 Å². The number of hydrogen-bond acceptors (Lipinski definition) is 5. The van der Waals surface area contributed by atoms with Crippen molar-refractivity contribution in [2.75, 3.05) is 14.2 Å². The number of phenolic OH excluding ortho intramolecular Hbond substituents is 1. The SMILES string of the molecule is COc1c(O)cc(OC)c2c(=O)cc(-c3ccccc3)oc12. The lowest BCUT2D eigenvalue weighted by molar-refractivity contribution is 0.364. The van der Waals surface area contributed by atoms with Gasteiger partial charge in [0.2, 0.25) is 5.75 Å². The summed E-state index contributed by atoms with van der Waals surface area (Å²) in [4.78, 5) is 12.5. The van der Waals surface area contributed by atoms with Crippen molar-refractivity contribution in [3.63, 3.8) is 0 Å². The van der Waals surface area contributed by atoms with E-state index in [1.165, 1.54) is 26.4 Å². The van der Waals surface area contributed by atoms with Gasteiger partial charge in [0.15, 0.2) is 16.8 Å². The van der Waals surface area contributed by atoms with Crippen LogP contribution in [0.25, 0.3) is 22.3 Å². The van der Waals surface area contributed by atoms with Crippen LogP contribution in [0.3, 0.4) is 0 Å². The fraction of sp³-hybridized carbons (Fsp3) is 0.118. The van der Waals surface area contributed by atoms with E-state index in [0.29, 0.717) is 5.76 Å². The summed E-state index contributed by atoms with van der Waals surface area (Å²) in [6.45, 7) is 0. The van der Waals surface area contributed by atoms with E-state index < -0.39 is 0 Å². The minimum absolute atomic E-state index is 0.102. The van der Waals surface area contributed by atoms with Gasteiger partial charge in [-0.2, -0.15) is 0 Å². The van der Waals surface area contributed by atoms with Crippen molar-refractivity contribution in [1.82, 2.24) is 0 Å². The number of fused-ring (bicyclic) bond motifs is 1. The Morgan fingerprint density at radius 3 is 2.41 bits per heavy atom. The average Bonchev–Trinajstić information content (AvgIpc) is 2.54. The smallest absolute Gasteiger partial charge is 0.204 e. The molecule has 0 saturated carbocycles. The van der Waals surface area contributed by atoms with Crippen LogP contribution in [0.15, 0.2) is 51.7 Å². The second-order valence-corrected chi connectivity index (χ2v) is 4.68. The van der Waals surface area contributed by atoms with E-state index in [9.17, 15) is 9.90 Å². The Bertz CT molecular complexity index is 881. The van der Waals surface area contributed by atoms with Crippen LogP contribution in [0.1, 0.15) is 0 Å². The second kappa shape index (κ2) is 5.44. The molecule has 0 aliphatic carbocycles. The van der Waals surface area contributed by atoms with E-state index in [4.69, 9.17) is 13.9 Å². The topological polar surface area (TPSA) is 68.9 Å². The van der Waals surface area contributed by atoms with Gasteiger partial charge in [0, 0.05) is 17.7 Å². The molecule has 5 nitrogen and oxygen atoms in total. The van der Waals surface area contributed by atoms with Gasteiger partial charge in [-0.05, 0) is 0 Å². The quantitative estimate of drug-likeness (QED) is 0.804. The lowest BCUT2D eigenvalue weighted by atomic mass is 10.1. The zero-order valence-electron chi connectivity index (χ0n) is 12.1. The van der Waals surface area contributed by atoms with Crippen LogP contribution < -0.4 is 14.9 Å².